The van der Waals surface area contributed by atoms with E-state index in [-0.39, 0.29) is 18.0 Å². The number of guanidine groups is 1. The fourth-order valence-corrected chi connectivity index (χ4v) is 3.35. The quantitative estimate of drug-likeness (QED) is 0.564. The summed E-state index contributed by atoms with van der Waals surface area (Å²) in [5, 5.41) is 6.74. The summed E-state index contributed by atoms with van der Waals surface area (Å²) in [7, 11) is 0. The van der Waals surface area contributed by atoms with Crippen LogP contribution in [0.2, 0.25) is 0 Å². The average molecular weight is 427 g/mol. The normalized spacial score (nSPS) is 15.6. The van der Waals surface area contributed by atoms with E-state index in [4.69, 9.17) is 4.74 Å². The lowest BCUT2D eigenvalue weighted by Crippen LogP contribution is -2.43. The Morgan fingerprint density at radius 3 is 2.48 bits per heavy atom. The van der Waals surface area contributed by atoms with Gasteiger partial charge in [0.25, 0.3) is 0 Å². The largest absolute Gasteiger partial charge is 0.444 e. The molecule has 0 saturated carbocycles. The standard InChI is InChI=1S/C22H30N6O3/c1-14-17-8-6-7-9-18(17)26-19(23-14)27-20(24-15(2)29)25-16-10-12-28(13-11-16)21(30)31-22(3,4)5/h6-9,16H,10-13H2,1-5H3,(H2,23,24,25,26,27,29). The van der Waals surface area contributed by atoms with Gasteiger partial charge >= 0.3 is 6.09 Å². The van der Waals surface area contributed by atoms with Gasteiger partial charge in [0.15, 0.2) is 0 Å². The van der Waals surface area contributed by atoms with Gasteiger partial charge in [0.05, 0.1) is 17.3 Å². The van der Waals surface area contributed by atoms with Gasteiger partial charge in [-0.2, -0.15) is 0 Å². The van der Waals surface area contributed by atoms with Crippen molar-refractivity contribution in [1.82, 2.24) is 20.2 Å². The number of anilines is 1. The van der Waals surface area contributed by atoms with Crippen LogP contribution in [0.1, 0.15) is 46.2 Å². The van der Waals surface area contributed by atoms with E-state index in [1.54, 1.807) is 4.90 Å². The van der Waals surface area contributed by atoms with Gasteiger partial charge < -0.3 is 9.64 Å². The highest BCUT2D eigenvalue weighted by molar-refractivity contribution is 6.03. The number of para-hydroxylation sites is 1. The zero-order valence-corrected chi connectivity index (χ0v) is 18.7. The highest BCUT2D eigenvalue weighted by Gasteiger charge is 2.27. The van der Waals surface area contributed by atoms with Crippen molar-refractivity contribution in [3.63, 3.8) is 0 Å². The van der Waals surface area contributed by atoms with Gasteiger partial charge in [-0.1, -0.05) is 18.2 Å². The Hall–Kier alpha value is -3.23. The zero-order valence-electron chi connectivity index (χ0n) is 18.7. The summed E-state index contributed by atoms with van der Waals surface area (Å²) in [6.07, 6.45) is 1.03. The fraction of sp³-hybridized carbons (Fsp3) is 0.500. The smallest absolute Gasteiger partial charge is 0.410 e. The van der Waals surface area contributed by atoms with E-state index in [0.717, 1.165) is 16.6 Å². The van der Waals surface area contributed by atoms with E-state index in [1.165, 1.54) is 6.92 Å². The lowest BCUT2D eigenvalue weighted by Gasteiger charge is -2.32. The van der Waals surface area contributed by atoms with Gasteiger partial charge in [-0.3, -0.25) is 15.4 Å². The van der Waals surface area contributed by atoms with Crippen molar-refractivity contribution in [2.45, 2.75) is 59.1 Å². The molecule has 1 aliphatic heterocycles. The van der Waals surface area contributed by atoms with Crippen LogP contribution < -0.4 is 10.6 Å². The minimum Gasteiger partial charge on any atom is -0.444 e. The van der Waals surface area contributed by atoms with E-state index in [2.05, 4.69) is 25.6 Å². The molecule has 0 unspecified atom stereocenters. The van der Waals surface area contributed by atoms with Crippen LogP contribution in [-0.4, -0.2) is 57.6 Å². The molecular formula is C22H30N6O3. The molecule has 1 aromatic heterocycles. The topological polar surface area (TPSA) is 109 Å². The molecule has 0 bridgehead atoms. The molecule has 2 N–H and O–H groups in total. The van der Waals surface area contributed by atoms with Gasteiger partial charge in [0.2, 0.25) is 17.8 Å². The average Bonchev–Trinajstić information content (AvgIpc) is 2.66. The van der Waals surface area contributed by atoms with Crippen molar-refractivity contribution in [3.05, 3.63) is 30.0 Å². The predicted octanol–water partition coefficient (Wildman–Crippen LogP) is 3.24. The molecule has 0 aliphatic carbocycles. The number of carbonyl (C=O) groups is 2. The number of nitrogens with one attached hydrogen (secondary N) is 2. The van der Waals surface area contributed by atoms with E-state index in [1.807, 2.05) is 52.0 Å². The summed E-state index contributed by atoms with van der Waals surface area (Å²) < 4.78 is 5.44. The van der Waals surface area contributed by atoms with Crippen LogP contribution in [0.5, 0.6) is 0 Å². The zero-order chi connectivity index (χ0) is 22.6. The summed E-state index contributed by atoms with van der Waals surface area (Å²) >= 11 is 0. The maximum atomic E-state index is 12.3. The molecule has 166 valence electrons. The number of likely N-dealkylation sites (tertiary alicyclic amines) is 1. The van der Waals surface area contributed by atoms with Crippen molar-refractivity contribution >= 4 is 34.8 Å². The van der Waals surface area contributed by atoms with Crippen molar-refractivity contribution in [1.29, 1.82) is 0 Å². The number of aryl methyl sites for hydroxylation is 1. The molecule has 1 aliphatic rings. The van der Waals surface area contributed by atoms with Gasteiger partial charge in [-0.05, 0) is 46.6 Å². The van der Waals surface area contributed by atoms with E-state index in [9.17, 15) is 9.59 Å². The summed E-state index contributed by atoms with van der Waals surface area (Å²) in [6.45, 7) is 9.98. The molecule has 0 atom stereocenters. The lowest BCUT2D eigenvalue weighted by molar-refractivity contribution is -0.117. The number of benzene rings is 1. The summed E-state index contributed by atoms with van der Waals surface area (Å²) in [6, 6.07) is 7.70. The van der Waals surface area contributed by atoms with Crippen LogP contribution in [0.25, 0.3) is 10.9 Å². The fourth-order valence-electron chi connectivity index (χ4n) is 3.35. The number of ether oxygens (including phenoxy) is 1. The van der Waals surface area contributed by atoms with Crippen LogP contribution in [0.15, 0.2) is 29.3 Å². The monoisotopic (exact) mass is 426 g/mol. The molecular weight excluding hydrogens is 396 g/mol. The van der Waals surface area contributed by atoms with Crippen molar-refractivity contribution < 1.29 is 14.3 Å². The molecule has 2 heterocycles. The minimum atomic E-state index is -0.521. The van der Waals surface area contributed by atoms with Gasteiger partial charge in [0.1, 0.15) is 5.60 Å². The Kier molecular flexibility index (Phi) is 6.72. The third kappa shape index (κ3) is 6.37. The number of hydrogen-bond donors (Lipinski definition) is 2. The molecule has 1 saturated heterocycles. The second-order valence-corrected chi connectivity index (χ2v) is 8.63. The Balaban J connectivity index is 1.70. The molecule has 0 spiro atoms. The van der Waals surface area contributed by atoms with Gasteiger partial charge in [-0.25, -0.2) is 19.8 Å². The number of aliphatic imine (C=N–C) groups is 1. The highest BCUT2D eigenvalue weighted by atomic mass is 16.6. The molecule has 0 radical (unpaired) electrons. The first-order chi connectivity index (χ1) is 14.6. The number of piperidine rings is 1. The minimum absolute atomic E-state index is 0.0467. The molecule has 3 rings (SSSR count). The first kappa shape index (κ1) is 22.5. The third-order valence-corrected chi connectivity index (χ3v) is 4.75. The first-order valence-electron chi connectivity index (χ1n) is 10.4. The summed E-state index contributed by atoms with van der Waals surface area (Å²) in [4.78, 5) is 39.3. The number of fused-ring (bicyclic) bond motifs is 1. The van der Waals surface area contributed by atoms with E-state index in [0.29, 0.717) is 37.8 Å². The maximum absolute atomic E-state index is 12.3. The molecule has 1 fully saturated rings. The van der Waals surface area contributed by atoms with Crippen LogP contribution >= 0.6 is 0 Å². The SMILES string of the molecule is CC(=O)NC(=NC1CCN(C(=O)OC(C)(C)C)CC1)Nc1nc(C)c2ccccc2n1. The molecule has 2 amide bonds. The number of aromatic nitrogens is 2. The Morgan fingerprint density at radius 1 is 1.16 bits per heavy atom. The molecule has 2 aromatic rings. The van der Waals surface area contributed by atoms with Crippen LogP contribution in [0, 0.1) is 6.92 Å². The number of amides is 2. The Bertz CT molecular complexity index is 990. The Morgan fingerprint density at radius 2 is 1.84 bits per heavy atom. The van der Waals surface area contributed by atoms with Crippen LogP contribution in [-0.2, 0) is 9.53 Å². The molecule has 9 heteroatoms. The number of nitrogens with zero attached hydrogens (tertiary/aromatic N) is 4. The number of carbonyl (C=O) groups excluding carboxylic acids is 2. The van der Waals surface area contributed by atoms with Gasteiger partial charge in [-0.15, -0.1) is 0 Å². The van der Waals surface area contributed by atoms with E-state index < -0.39 is 5.60 Å². The number of hydrogen-bond acceptors (Lipinski definition) is 6. The predicted molar refractivity (Wildman–Crippen MR) is 120 cm³/mol. The first-order valence-corrected chi connectivity index (χ1v) is 10.4. The molecule has 1 aromatic carbocycles. The van der Waals surface area contributed by atoms with E-state index >= 15 is 0 Å². The van der Waals surface area contributed by atoms with Crippen LogP contribution in [0.3, 0.4) is 0 Å². The van der Waals surface area contributed by atoms with Crippen molar-refractivity contribution in [2.75, 3.05) is 18.4 Å². The lowest BCUT2D eigenvalue weighted by atomic mass is 10.1. The Labute approximate surface area is 182 Å². The van der Waals surface area contributed by atoms with Gasteiger partial charge in [0, 0.05) is 25.4 Å². The van der Waals surface area contributed by atoms with Crippen molar-refractivity contribution in [3.8, 4) is 0 Å². The maximum Gasteiger partial charge on any atom is 0.410 e. The highest BCUT2D eigenvalue weighted by Crippen LogP contribution is 2.19. The third-order valence-electron chi connectivity index (χ3n) is 4.75. The van der Waals surface area contributed by atoms with Crippen LogP contribution in [0.4, 0.5) is 10.7 Å². The second-order valence-electron chi connectivity index (χ2n) is 8.63. The second kappa shape index (κ2) is 9.28. The molecule has 9 nitrogen and oxygen atoms in total. The summed E-state index contributed by atoms with van der Waals surface area (Å²) in [5.41, 5.74) is 1.12. The number of rotatable bonds is 2. The van der Waals surface area contributed by atoms with Crippen molar-refractivity contribution in [2.24, 2.45) is 4.99 Å². The molecule has 31 heavy (non-hydrogen) atoms. The summed E-state index contributed by atoms with van der Waals surface area (Å²) in [5.74, 6) is 0.433.